The molecule has 35 heavy (non-hydrogen) atoms. The molecule has 1 saturated heterocycles. The predicted octanol–water partition coefficient (Wildman–Crippen LogP) is 3.93. The highest BCUT2D eigenvalue weighted by atomic mass is 16.7. The summed E-state index contributed by atoms with van der Waals surface area (Å²) in [5.41, 5.74) is 3.04. The van der Waals surface area contributed by atoms with Crippen LogP contribution < -0.4 is 23.7 Å². The summed E-state index contributed by atoms with van der Waals surface area (Å²) >= 11 is 0. The molecule has 2 aromatic rings. The zero-order chi connectivity index (χ0) is 24.9. The lowest BCUT2D eigenvalue weighted by molar-refractivity contribution is -0.148. The summed E-state index contributed by atoms with van der Waals surface area (Å²) in [7, 11) is 4.55. The Balaban J connectivity index is 1.84. The standard InChI is InChI=1S/C26H26O9/c1-6-12(2)25(27)35-22-14-8-18-17(33-11-34-18)7-13(14)20-15(21-16(22)10-32-26(21)28)9-19(29-3)23(30-4)24(20)31-5/h6-9,16,21-22H,10-11H2,1-5H3/b12-6+/t16-,21+,22-/m1/s1. The number of hydrogen-bond acceptors (Lipinski definition) is 9. The molecule has 9 nitrogen and oxygen atoms in total. The maximum absolute atomic E-state index is 13.1. The average molecular weight is 482 g/mol. The minimum atomic E-state index is -0.799. The third kappa shape index (κ3) is 3.45. The molecule has 2 aliphatic heterocycles. The van der Waals surface area contributed by atoms with Crippen LogP contribution in [0.1, 0.15) is 37.0 Å². The molecule has 3 atom stereocenters. The molecule has 0 saturated carbocycles. The number of ether oxygens (including phenoxy) is 7. The predicted molar refractivity (Wildman–Crippen MR) is 123 cm³/mol. The van der Waals surface area contributed by atoms with E-state index < -0.39 is 29.9 Å². The molecule has 0 bridgehead atoms. The van der Waals surface area contributed by atoms with Crippen LogP contribution in [0.4, 0.5) is 0 Å². The van der Waals surface area contributed by atoms with Gasteiger partial charge in [-0.2, -0.15) is 0 Å². The number of carbonyl (C=O) groups excluding carboxylic acids is 2. The summed E-state index contributed by atoms with van der Waals surface area (Å²) in [5.74, 6) is 0.120. The third-order valence-corrected chi connectivity index (χ3v) is 6.79. The first-order valence-electron chi connectivity index (χ1n) is 11.2. The molecule has 1 fully saturated rings. The van der Waals surface area contributed by atoms with Gasteiger partial charge in [0.2, 0.25) is 12.5 Å². The van der Waals surface area contributed by atoms with E-state index in [0.717, 1.165) is 0 Å². The van der Waals surface area contributed by atoms with Gasteiger partial charge in [-0.25, -0.2) is 4.79 Å². The van der Waals surface area contributed by atoms with Gasteiger partial charge in [-0.3, -0.25) is 4.79 Å². The van der Waals surface area contributed by atoms with Crippen molar-refractivity contribution in [3.63, 3.8) is 0 Å². The first-order chi connectivity index (χ1) is 16.9. The molecule has 2 aromatic carbocycles. The Labute approximate surface area is 202 Å². The van der Waals surface area contributed by atoms with E-state index in [2.05, 4.69) is 0 Å². The highest BCUT2D eigenvalue weighted by molar-refractivity contribution is 5.92. The lowest BCUT2D eigenvalue weighted by Gasteiger charge is -2.25. The summed E-state index contributed by atoms with van der Waals surface area (Å²) in [6.07, 6.45) is 0.883. The van der Waals surface area contributed by atoms with Crippen molar-refractivity contribution in [3.8, 4) is 39.9 Å². The van der Waals surface area contributed by atoms with Crippen molar-refractivity contribution in [3.05, 3.63) is 41.0 Å². The fourth-order valence-corrected chi connectivity index (χ4v) is 4.97. The van der Waals surface area contributed by atoms with Gasteiger partial charge in [-0.05, 0) is 43.2 Å². The number of hydrogen-bond donors (Lipinski definition) is 0. The Kier molecular flexibility index (Phi) is 5.70. The molecular formula is C26H26O9. The van der Waals surface area contributed by atoms with Crippen molar-refractivity contribution in [2.45, 2.75) is 25.9 Å². The van der Waals surface area contributed by atoms with Crippen molar-refractivity contribution in [1.82, 2.24) is 0 Å². The van der Waals surface area contributed by atoms with Gasteiger partial charge in [0.1, 0.15) is 6.10 Å². The first-order valence-corrected chi connectivity index (χ1v) is 11.2. The second kappa shape index (κ2) is 8.72. The van der Waals surface area contributed by atoms with Gasteiger partial charge in [0.25, 0.3) is 0 Å². The molecule has 0 unspecified atom stereocenters. The minimum Gasteiger partial charge on any atom is -0.493 e. The molecule has 5 rings (SSSR count). The summed E-state index contributed by atoms with van der Waals surface area (Å²) < 4.78 is 39.9. The zero-order valence-corrected chi connectivity index (χ0v) is 20.1. The van der Waals surface area contributed by atoms with Gasteiger partial charge in [-0.15, -0.1) is 0 Å². The van der Waals surface area contributed by atoms with Gasteiger partial charge < -0.3 is 33.2 Å². The van der Waals surface area contributed by atoms with Crippen LogP contribution in [-0.4, -0.2) is 46.7 Å². The molecule has 3 aliphatic rings. The lowest BCUT2D eigenvalue weighted by Crippen LogP contribution is -2.24. The number of carbonyl (C=O) groups is 2. The number of fused-ring (bicyclic) bond motifs is 6. The van der Waals surface area contributed by atoms with Gasteiger partial charge in [0.15, 0.2) is 23.0 Å². The van der Waals surface area contributed by atoms with E-state index in [9.17, 15) is 9.59 Å². The number of benzene rings is 2. The molecule has 2 heterocycles. The number of cyclic esters (lactones) is 1. The Bertz CT molecular complexity index is 1250. The maximum atomic E-state index is 13.1. The van der Waals surface area contributed by atoms with Crippen molar-refractivity contribution in [2.75, 3.05) is 34.7 Å². The van der Waals surface area contributed by atoms with Gasteiger partial charge in [0, 0.05) is 16.7 Å². The summed E-state index contributed by atoms with van der Waals surface area (Å²) in [4.78, 5) is 26.0. The Hall–Kier alpha value is -3.88. The van der Waals surface area contributed by atoms with Gasteiger partial charge in [-0.1, -0.05) is 6.08 Å². The van der Waals surface area contributed by atoms with E-state index in [1.807, 2.05) is 6.07 Å². The maximum Gasteiger partial charge on any atom is 0.334 e. The molecule has 0 radical (unpaired) electrons. The Morgan fingerprint density at radius 1 is 0.971 bits per heavy atom. The van der Waals surface area contributed by atoms with Crippen molar-refractivity contribution < 1.29 is 42.7 Å². The molecule has 184 valence electrons. The quantitative estimate of drug-likeness (QED) is 0.464. The van der Waals surface area contributed by atoms with Crippen LogP contribution in [0.15, 0.2) is 29.8 Å². The van der Waals surface area contributed by atoms with E-state index in [1.165, 1.54) is 21.3 Å². The fourth-order valence-electron chi connectivity index (χ4n) is 4.97. The van der Waals surface area contributed by atoms with Crippen LogP contribution in [-0.2, 0) is 19.1 Å². The number of allylic oxidation sites excluding steroid dienone is 1. The monoisotopic (exact) mass is 482 g/mol. The molecule has 0 amide bonds. The van der Waals surface area contributed by atoms with Crippen molar-refractivity contribution in [1.29, 1.82) is 0 Å². The Morgan fingerprint density at radius 3 is 2.34 bits per heavy atom. The summed E-state index contributed by atoms with van der Waals surface area (Å²) in [6, 6.07) is 5.38. The highest BCUT2D eigenvalue weighted by Crippen LogP contribution is 2.58. The second-order valence-corrected chi connectivity index (χ2v) is 8.47. The van der Waals surface area contributed by atoms with Crippen molar-refractivity contribution >= 4 is 11.9 Å². The smallest absolute Gasteiger partial charge is 0.334 e. The Morgan fingerprint density at radius 2 is 1.69 bits per heavy atom. The van der Waals surface area contributed by atoms with Crippen LogP contribution in [0.2, 0.25) is 0 Å². The van der Waals surface area contributed by atoms with E-state index in [0.29, 0.717) is 56.6 Å². The van der Waals surface area contributed by atoms with E-state index in [-0.39, 0.29) is 13.4 Å². The van der Waals surface area contributed by atoms with Crippen LogP contribution in [0, 0.1) is 5.92 Å². The lowest BCUT2D eigenvalue weighted by atomic mass is 9.83. The SMILES string of the molecule is C/C=C(\C)C(=O)O[C@@H]1c2cc3c(cc2-c2c(cc(OC)c(OC)c2OC)[C@@H]2C(=O)OC[C@@H]12)OCO3. The highest BCUT2D eigenvalue weighted by Gasteiger charge is 2.50. The van der Waals surface area contributed by atoms with Crippen molar-refractivity contribution in [2.24, 2.45) is 5.92 Å². The molecule has 0 spiro atoms. The van der Waals surface area contributed by atoms with Crippen LogP contribution in [0.25, 0.3) is 11.1 Å². The average Bonchev–Trinajstić information content (AvgIpc) is 3.47. The van der Waals surface area contributed by atoms with E-state index in [1.54, 1.807) is 32.1 Å². The van der Waals surface area contributed by atoms with E-state index in [4.69, 9.17) is 33.2 Å². The zero-order valence-electron chi connectivity index (χ0n) is 20.1. The molecule has 9 heteroatoms. The normalized spacial score (nSPS) is 21.8. The second-order valence-electron chi connectivity index (χ2n) is 8.47. The van der Waals surface area contributed by atoms with Gasteiger partial charge in [0.05, 0.1) is 39.8 Å². The number of methoxy groups -OCH3 is 3. The van der Waals surface area contributed by atoms with Crippen LogP contribution >= 0.6 is 0 Å². The molecule has 0 N–H and O–H groups in total. The summed E-state index contributed by atoms with van der Waals surface area (Å²) in [6.45, 7) is 3.60. The first kappa shape index (κ1) is 22.9. The minimum absolute atomic E-state index is 0.0734. The number of rotatable bonds is 5. The number of esters is 2. The molecule has 1 aliphatic carbocycles. The topological polar surface area (TPSA) is 98.8 Å². The third-order valence-electron chi connectivity index (χ3n) is 6.79. The van der Waals surface area contributed by atoms with Crippen LogP contribution in [0.3, 0.4) is 0 Å². The van der Waals surface area contributed by atoms with E-state index >= 15 is 0 Å². The molecular weight excluding hydrogens is 456 g/mol. The van der Waals surface area contributed by atoms with Gasteiger partial charge >= 0.3 is 11.9 Å². The van der Waals surface area contributed by atoms with Crippen LogP contribution in [0.5, 0.6) is 28.7 Å². The fraction of sp³-hybridized carbons (Fsp3) is 0.385. The largest absolute Gasteiger partial charge is 0.493 e. The molecule has 0 aromatic heterocycles. The summed E-state index contributed by atoms with van der Waals surface area (Å²) in [5, 5.41) is 0.